The Balaban J connectivity index is 2.46. The molecule has 0 heterocycles. The van der Waals surface area contributed by atoms with Crippen LogP contribution < -0.4 is 10.0 Å². The molecule has 0 saturated carbocycles. The van der Waals surface area contributed by atoms with Crippen molar-refractivity contribution < 1.29 is 22.7 Å². The molecule has 0 saturated heterocycles. The summed E-state index contributed by atoms with van der Waals surface area (Å²) in [7, 11) is -2.37. The summed E-state index contributed by atoms with van der Waals surface area (Å²) in [4.78, 5) is 22.2. The van der Waals surface area contributed by atoms with E-state index in [-0.39, 0.29) is 6.61 Å². The average molecular weight is 300 g/mol. The van der Waals surface area contributed by atoms with Gasteiger partial charge in [0.05, 0.1) is 5.75 Å². The highest BCUT2D eigenvalue weighted by molar-refractivity contribution is 7.89. The summed E-state index contributed by atoms with van der Waals surface area (Å²) in [5, 5.41) is 2.18. The molecule has 0 spiro atoms. The first-order valence-corrected chi connectivity index (χ1v) is 7.46. The first kappa shape index (κ1) is 16.1. The maximum absolute atomic E-state index is 11.5. The van der Waals surface area contributed by atoms with Gasteiger partial charge >= 0.3 is 6.09 Å². The lowest BCUT2D eigenvalue weighted by atomic mass is 10.2. The number of alkyl carbamates (subject to hydrolysis) is 1. The van der Waals surface area contributed by atoms with Crippen LogP contribution in [0.25, 0.3) is 0 Å². The Morgan fingerprint density at radius 2 is 2.00 bits per heavy atom. The van der Waals surface area contributed by atoms with Gasteiger partial charge in [0.25, 0.3) is 0 Å². The minimum Gasteiger partial charge on any atom is -0.445 e. The van der Waals surface area contributed by atoms with Crippen LogP contribution in [0, 0.1) is 0 Å². The summed E-state index contributed by atoms with van der Waals surface area (Å²) in [6.07, 6.45) is -0.504. The number of aldehydes is 1. The van der Waals surface area contributed by atoms with Gasteiger partial charge in [0.2, 0.25) is 10.0 Å². The minimum atomic E-state index is -3.60. The van der Waals surface area contributed by atoms with E-state index in [2.05, 4.69) is 10.0 Å². The summed E-state index contributed by atoms with van der Waals surface area (Å²) in [5.74, 6) is -0.534. The summed E-state index contributed by atoms with van der Waals surface area (Å²) in [6.45, 7) is 0.0387. The highest BCUT2D eigenvalue weighted by Gasteiger charge is 2.19. The fourth-order valence-electron chi connectivity index (χ4n) is 1.35. The maximum Gasteiger partial charge on any atom is 0.408 e. The lowest BCUT2D eigenvalue weighted by Crippen LogP contribution is -2.43. The molecule has 0 aliphatic rings. The number of hydrogen-bond donors (Lipinski definition) is 2. The van der Waals surface area contributed by atoms with Crippen LogP contribution in [0.2, 0.25) is 0 Å². The lowest BCUT2D eigenvalue weighted by molar-refractivity contribution is -0.109. The Labute approximate surface area is 117 Å². The monoisotopic (exact) mass is 300 g/mol. The zero-order chi connectivity index (χ0) is 15.0. The molecule has 1 amide bonds. The van der Waals surface area contributed by atoms with Crippen molar-refractivity contribution in [2.24, 2.45) is 0 Å². The van der Waals surface area contributed by atoms with Crippen molar-refractivity contribution in [3.63, 3.8) is 0 Å². The molecule has 0 aliphatic carbocycles. The molecular formula is C12H16N2O5S. The van der Waals surface area contributed by atoms with E-state index in [0.29, 0.717) is 6.29 Å². The Kier molecular flexibility index (Phi) is 6.13. The second-order valence-electron chi connectivity index (χ2n) is 3.93. The van der Waals surface area contributed by atoms with E-state index in [1.165, 1.54) is 7.05 Å². The number of ether oxygens (including phenoxy) is 1. The van der Waals surface area contributed by atoms with Crippen LogP contribution in [0.15, 0.2) is 30.3 Å². The van der Waals surface area contributed by atoms with Crippen molar-refractivity contribution in [1.29, 1.82) is 0 Å². The lowest BCUT2D eigenvalue weighted by Gasteiger charge is -2.12. The normalized spacial score (nSPS) is 12.4. The third-order valence-electron chi connectivity index (χ3n) is 2.39. The number of hydrogen-bond acceptors (Lipinski definition) is 5. The van der Waals surface area contributed by atoms with E-state index in [1.54, 1.807) is 24.3 Å². The van der Waals surface area contributed by atoms with Gasteiger partial charge in [0.1, 0.15) is 18.9 Å². The Morgan fingerprint density at radius 1 is 1.35 bits per heavy atom. The molecule has 20 heavy (non-hydrogen) atoms. The molecule has 0 unspecified atom stereocenters. The summed E-state index contributed by atoms with van der Waals surface area (Å²) < 4.78 is 29.5. The molecule has 1 aromatic rings. The minimum absolute atomic E-state index is 0.0387. The summed E-state index contributed by atoms with van der Waals surface area (Å²) in [5.41, 5.74) is 0.785. The van der Waals surface area contributed by atoms with Crippen molar-refractivity contribution in [3.05, 3.63) is 35.9 Å². The molecule has 2 N–H and O–H groups in total. The third kappa shape index (κ3) is 5.81. The van der Waals surface area contributed by atoms with Gasteiger partial charge in [-0.15, -0.1) is 0 Å². The van der Waals surface area contributed by atoms with E-state index >= 15 is 0 Å². The second kappa shape index (κ2) is 7.61. The van der Waals surface area contributed by atoms with Crippen molar-refractivity contribution in [2.45, 2.75) is 12.6 Å². The smallest absolute Gasteiger partial charge is 0.408 e. The fourth-order valence-corrected chi connectivity index (χ4v) is 2.15. The SMILES string of the molecule is CNS(=O)(=O)C[C@@H](C=O)NC(=O)OCc1ccccc1. The molecule has 8 heteroatoms. The van der Waals surface area contributed by atoms with E-state index in [0.717, 1.165) is 5.56 Å². The first-order chi connectivity index (χ1) is 9.46. The van der Waals surface area contributed by atoms with Crippen LogP contribution in [0.5, 0.6) is 0 Å². The highest BCUT2D eigenvalue weighted by atomic mass is 32.2. The van der Waals surface area contributed by atoms with Gasteiger partial charge in [-0.2, -0.15) is 0 Å². The largest absolute Gasteiger partial charge is 0.445 e. The van der Waals surface area contributed by atoms with E-state index in [9.17, 15) is 18.0 Å². The van der Waals surface area contributed by atoms with Crippen LogP contribution in [0.1, 0.15) is 5.56 Å². The van der Waals surface area contributed by atoms with Crippen LogP contribution in [-0.2, 0) is 26.2 Å². The van der Waals surface area contributed by atoms with E-state index in [1.807, 2.05) is 6.07 Å². The summed E-state index contributed by atoms with van der Waals surface area (Å²) >= 11 is 0. The van der Waals surface area contributed by atoms with E-state index in [4.69, 9.17) is 4.74 Å². The van der Waals surface area contributed by atoms with Crippen molar-refractivity contribution in [2.75, 3.05) is 12.8 Å². The summed E-state index contributed by atoms with van der Waals surface area (Å²) in [6, 6.07) is 7.81. The van der Waals surface area contributed by atoms with Gasteiger partial charge in [-0.3, -0.25) is 0 Å². The topological polar surface area (TPSA) is 102 Å². The predicted octanol–water partition coefficient (Wildman–Crippen LogP) is 0.0295. The Bertz CT molecular complexity index is 544. The van der Waals surface area contributed by atoms with Gasteiger partial charge in [0, 0.05) is 0 Å². The van der Waals surface area contributed by atoms with Gasteiger partial charge in [-0.25, -0.2) is 17.9 Å². The van der Waals surface area contributed by atoms with E-state index < -0.39 is 27.9 Å². The second-order valence-corrected chi connectivity index (χ2v) is 5.91. The number of rotatable bonds is 7. The zero-order valence-corrected chi connectivity index (χ0v) is 11.7. The third-order valence-corrected chi connectivity index (χ3v) is 3.81. The maximum atomic E-state index is 11.5. The molecule has 0 radical (unpaired) electrons. The average Bonchev–Trinajstić information content (AvgIpc) is 2.45. The number of sulfonamides is 1. The number of amides is 1. The molecule has 0 bridgehead atoms. The molecule has 0 aliphatic heterocycles. The van der Waals surface area contributed by atoms with Crippen molar-refractivity contribution in [1.82, 2.24) is 10.0 Å². The fraction of sp³-hybridized carbons (Fsp3) is 0.333. The predicted molar refractivity (Wildman–Crippen MR) is 72.5 cm³/mol. The van der Waals surface area contributed by atoms with Crippen molar-refractivity contribution in [3.8, 4) is 0 Å². The number of benzene rings is 1. The molecular weight excluding hydrogens is 284 g/mol. The molecule has 0 fully saturated rings. The molecule has 110 valence electrons. The number of nitrogens with one attached hydrogen (secondary N) is 2. The Morgan fingerprint density at radius 3 is 2.55 bits per heavy atom. The van der Waals surface area contributed by atoms with Crippen LogP contribution in [0.3, 0.4) is 0 Å². The number of carbonyl (C=O) groups is 2. The number of carbonyl (C=O) groups excluding carboxylic acids is 2. The van der Waals surface area contributed by atoms with Gasteiger partial charge in [-0.05, 0) is 12.6 Å². The highest BCUT2D eigenvalue weighted by Crippen LogP contribution is 2.00. The molecule has 7 nitrogen and oxygen atoms in total. The Hall–Kier alpha value is -1.93. The quantitative estimate of drug-likeness (QED) is 0.692. The molecule has 1 rings (SSSR count). The van der Waals surface area contributed by atoms with Crippen LogP contribution >= 0.6 is 0 Å². The zero-order valence-electron chi connectivity index (χ0n) is 10.9. The van der Waals surface area contributed by atoms with Gasteiger partial charge < -0.3 is 14.8 Å². The van der Waals surface area contributed by atoms with Gasteiger partial charge in [-0.1, -0.05) is 30.3 Å². The standard InChI is InChI=1S/C12H16N2O5S/c1-13-20(17,18)9-11(7-15)14-12(16)19-8-10-5-3-2-4-6-10/h2-7,11,13H,8-9H2,1H3,(H,14,16)/t11-/m1/s1. The van der Waals surface area contributed by atoms with Crippen LogP contribution in [-0.4, -0.2) is 39.6 Å². The van der Waals surface area contributed by atoms with Gasteiger partial charge in [0.15, 0.2) is 0 Å². The molecule has 0 aromatic heterocycles. The van der Waals surface area contributed by atoms with Crippen LogP contribution in [0.4, 0.5) is 4.79 Å². The molecule has 1 atom stereocenters. The van der Waals surface area contributed by atoms with Crippen molar-refractivity contribution >= 4 is 22.4 Å². The molecule has 1 aromatic carbocycles. The first-order valence-electron chi connectivity index (χ1n) is 5.80.